The van der Waals surface area contributed by atoms with Crippen LogP contribution in [0, 0.1) is 23.7 Å². The van der Waals surface area contributed by atoms with Gasteiger partial charge in [-0.3, -0.25) is 0 Å². The van der Waals surface area contributed by atoms with Gasteiger partial charge in [-0.2, -0.15) is 0 Å². The molecule has 2 rings (SSSR count). The Balaban J connectivity index is 1.88. The van der Waals surface area contributed by atoms with Crippen LogP contribution in [0.25, 0.3) is 0 Å². The fraction of sp³-hybridized carbons (Fsp3) is 1.00. The van der Waals surface area contributed by atoms with E-state index < -0.39 is 0 Å². The zero-order valence-electron chi connectivity index (χ0n) is 11.9. The van der Waals surface area contributed by atoms with E-state index in [0.717, 1.165) is 30.6 Å². The molecule has 0 aliphatic heterocycles. The van der Waals surface area contributed by atoms with Gasteiger partial charge in [0.2, 0.25) is 0 Å². The van der Waals surface area contributed by atoms with Crippen molar-refractivity contribution in [2.24, 2.45) is 23.7 Å². The molecule has 100 valence electrons. The van der Waals surface area contributed by atoms with E-state index in [1.807, 2.05) is 0 Å². The van der Waals surface area contributed by atoms with E-state index in [1.54, 1.807) is 0 Å². The molecule has 0 spiro atoms. The first-order valence-corrected chi connectivity index (χ1v) is 7.73. The number of rotatable bonds is 2. The maximum absolute atomic E-state index is 10.9. The van der Waals surface area contributed by atoms with Crippen molar-refractivity contribution < 1.29 is 5.11 Å². The summed E-state index contributed by atoms with van der Waals surface area (Å²) in [6, 6.07) is 0. The van der Waals surface area contributed by atoms with Crippen LogP contribution in [-0.4, -0.2) is 10.7 Å². The molecule has 2 saturated carbocycles. The summed E-state index contributed by atoms with van der Waals surface area (Å²) >= 11 is 0. The van der Waals surface area contributed by atoms with Crippen molar-refractivity contribution in [2.75, 3.05) is 0 Å². The van der Waals surface area contributed by atoms with Crippen molar-refractivity contribution in [3.63, 3.8) is 0 Å². The normalized spacial score (nSPS) is 43.9. The summed E-state index contributed by atoms with van der Waals surface area (Å²) in [5, 5.41) is 10.9. The van der Waals surface area contributed by atoms with Crippen LogP contribution >= 0.6 is 0 Å². The standard InChI is InChI=1S/C16H30O/c1-12(2)14-8-10-16(17,11-9-14)15-6-4-13(3)5-7-15/h12-15,17H,4-11H2,1-3H3. The molecule has 1 N–H and O–H groups in total. The van der Waals surface area contributed by atoms with E-state index >= 15 is 0 Å². The summed E-state index contributed by atoms with van der Waals surface area (Å²) in [5.74, 6) is 3.15. The Labute approximate surface area is 107 Å². The molecule has 0 aromatic carbocycles. The molecule has 2 aliphatic carbocycles. The minimum absolute atomic E-state index is 0.300. The molecule has 0 heterocycles. The van der Waals surface area contributed by atoms with Gasteiger partial charge in [-0.05, 0) is 62.2 Å². The first kappa shape index (κ1) is 13.4. The van der Waals surface area contributed by atoms with Gasteiger partial charge in [0.05, 0.1) is 5.60 Å². The summed E-state index contributed by atoms with van der Waals surface area (Å²) in [7, 11) is 0. The molecule has 0 atom stereocenters. The Morgan fingerprint density at radius 1 is 0.941 bits per heavy atom. The van der Waals surface area contributed by atoms with Gasteiger partial charge >= 0.3 is 0 Å². The molecule has 0 aromatic heterocycles. The summed E-state index contributed by atoms with van der Waals surface area (Å²) < 4.78 is 0. The number of hydrogen-bond donors (Lipinski definition) is 1. The first-order valence-electron chi connectivity index (χ1n) is 7.73. The minimum Gasteiger partial charge on any atom is -0.390 e. The van der Waals surface area contributed by atoms with Gasteiger partial charge in [0.25, 0.3) is 0 Å². The van der Waals surface area contributed by atoms with Gasteiger partial charge in [-0.25, -0.2) is 0 Å². The van der Waals surface area contributed by atoms with E-state index in [2.05, 4.69) is 20.8 Å². The summed E-state index contributed by atoms with van der Waals surface area (Å²) in [6.07, 6.45) is 9.83. The maximum Gasteiger partial charge on any atom is 0.0676 e. The lowest BCUT2D eigenvalue weighted by Crippen LogP contribution is -2.43. The molecule has 0 unspecified atom stereocenters. The average molecular weight is 238 g/mol. The quantitative estimate of drug-likeness (QED) is 0.756. The van der Waals surface area contributed by atoms with E-state index in [9.17, 15) is 5.11 Å². The molecule has 0 saturated heterocycles. The van der Waals surface area contributed by atoms with E-state index in [0.29, 0.717) is 5.92 Å². The van der Waals surface area contributed by atoms with E-state index in [-0.39, 0.29) is 5.60 Å². The second-order valence-electron chi connectivity index (χ2n) is 7.14. The highest BCUT2D eigenvalue weighted by Crippen LogP contribution is 2.45. The van der Waals surface area contributed by atoms with Crippen molar-refractivity contribution in [2.45, 2.75) is 77.7 Å². The predicted molar refractivity (Wildman–Crippen MR) is 72.9 cm³/mol. The van der Waals surface area contributed by atoms with Gasteiger partial charge in [0.15, 0.2) is 0 Å². The molecular formula is C16H30O. The Kier molecular flexibility index (Phi) is 4.18. The molecule has 1 heteroatoms. The maximum atomic E-state index is 10.9. The fourth-order valence-corrected chi connectivity index (χ4v) is 4.01. The van der Waals surface area contributed by atoms with Crippen molar-refractivity contribution in [3.8, 4) is 0 Å². The molecule has 17 heavy (non-hydrogen) atoms. The minimum atomic E-state index is -0.300. The molecular weight excluding hydrogens is 208 g/mol. The Bertz CT molecular complexity index is 230. The van der Waals surface area contributed by atoms with Gasteiger partial charge < -0.3 is 5.11 Å². The molecule has 0 aromatic rings. The Morgan fingerprint density at radius 2 is 1.47 bits per heavy atom. The Morgan fingerprint density at radius 3 is 1.94 bits per heavy atom. The third kappa shape index (κ3) is 3.05. The van der Waals surface area contributed by atoms with E-state index in [4.69, 9.17) is 0 Å². The smallest absolute Gasteiger partial charge is 0.0676 e. The van der Waals surface area contributed by atoms with Crippen molar-refractivity contribution in [1.82, 2.24) is 0 Å². The molecule has 2 fully saturated rings. The van der Waals surface area contributed by atoms with Gasteiger partial charge in [-0.15, -0.1) is 0 Å². The van der Waals surface area contributed by atoms with Crippen LogP contribution in [0.3, 0.4) is 0 Å². The first-order chi connectivity index (χ1) is 8.01. The molecule has 0 amide bonds. The largest absolute Gasteiger partial charge is 0.390 e. The number of hydrogen-bond acceptors (Lipinski definition) is 1. The topological polar surface area (TPSA) is 20.2 Å². The van der Waals surface area contributed by atoms with Gasteiger partial charge in [0.1, 0.15) is 0 Å². The van der Waals surface area contributed by atoms with Gasteiger partial charge in [0, 0.05) is 0 Å². The molecule has 1 nitrogen and oxygen atoms in total. The SMILES string of the molecule is CC1CCC(C2(O)CCC(C(C)C)CC2)CC1. The van der Waals surface area contributed by atoms with Crippen LogP contribution in [-0.2, 0) is 0 Å². The van der Waals surface area contributed by atoms with Crippen LogP contribution < -0.4 is 0 Å². The van der Waals surface area contributed by atoms with E-state index in [1.165, 1.54) is 38.5 Å². The highest BCUT2D eigenvalue weighted by atomic mass is 16.3. The lowest BCUT2D eigenvalue weighted by molar-refractivity contribution is -0.0771. The molecule has 0 radical (unpaired) electrons. The zero-order chi connectivity index (χ0) is 12.5. The summed E-state index contributed by atoms with van der Waals surface area (Å²) in [6.45, 7) is 7.02. The predicted octanol–water partition coefficient (Wildman–Crippen LogP) is 4.39. The lowest BCUT2D eigenvalue weighted by atomic mass is 9.65. The summed E-state index contributed by atoms with van der Waals surface area (Å²) in [4.78, 5) is 0. The average Bonchev–Trinajstić information content (AvgIpc) is 2.30. The fourth-order valence-electron chi connectivity index (χ4n) is 4.01. The lowest BCUT2D eigenvalue weighted by Gasteiger charge is -2.45. The van der Waals surface area contributed by atoms with Crippen LogP contribution in [0.1, 0.15) is 72.1 Å². The zero-order valence-corrected chi connectivity index (χ0v) is 11.9. The van der Waals surface area contributed by atoms with Crippen molar-refractivity contribution >= 4 is 0 Å². The monoisotopic (exact) mass is 238 g/mol. The third-order valence-corrected chi connectivity index (χ3v) is 5.61. The number of aliphatic hydroxyl groups is 1. The van der Waals surface area contributed by atoms with Crippen LogP contribution in [0.15, 0.2) is 0 Å². The second kappa shape index (κ2) is 5.30. The van der Waals surface area contributed by atoms with Crippen molar-refractivity contribution in [1.29, 1.82) is 0 Å². The second-order valence-corrected chi connectivity index (χ2v) is 7.14. The third-order valence-electron chi connectivity index (χ3n) is 5.61. The molecule has 0 bridgehead atoms. The van der Waals surface area contributed by atoms with Crippen molar-refractivity contribution in [3.05, 3.63) is 0 Å². The summed E-state index contributed by atoms with van der Waals surface area (Å²) in [5.41, 5.74) is -0.300. The van der Waals surface area contributed by atoms with Crippen LogP contribution in [0.4, 0.5) is 0 Å². The highest BCUT2D eigenvalue weighted by molar-refractivity contribution is 4.93. The van der Waals surface area contributed by atoms with Crippen LogP contribution in [0.2, 0.25) is 0 Å². The van der Waals surface area contributed by atoms with Gasteiger partial charge in [-0.1, -0.05) is 33.6 Å². The molecule has 2 aliphatic rings. The Hall–Kier alpha value is -0.0400. The van der Waals surface area contributed by atoms with Crippen LogP contribution in [0.5, 0.6) is 0 Å². The highest BCUT2D eigenvalue weighted by Gasteiger charge is 2.41.